The number of rotatable bonds is 5. The highest BCUT2D eigenvalue weighted by Crippen LogP contribution is 2.27. The highest BCUT2D eigenvalue weighted by molar-refractivity contribution is 7.15. The van der Waals surface area contributed by atoms with E-state index in [9.17, 15) is 0 Å². The molecule has 0 bridgehead atoms. The van der Waals surface area contributed by atoms with Crippen molar-refractivity contribution in [2.75, 3.05) is 19.0 Å². The number of aromatic nitrogens is 1. The molecule has 5 heteroatoms. The Bertz CT molecular complexity index is 450. The van der Waals surface area contributed by atoms with Crippen LogP contribution in [0.3, 0.4) is 0 Å². The molecule has 0 aliphatic rings. The molecular weight excluding hydrogens is 250 g/mol. The fourth-order valence-electron chi connectivity index (χ4n) is 1.50. The molecule has 0 amide bonds. The molecule has 1 unspecified atom stereocenters. The smallest absolute Gasteiger partial charge is 0.185 e. The van der Waals surface area contributed by atoms with Crippen LogP contribution in [0.25, 0.3) is 0 Å². The monoisotopic (exact) mass is 267 g/mol. The maximum atomic E-state index is 4.47. The van der Waals surface area contributed by atoms with E-state index >= 15 is 0 Å². The predicted octanol–water partition coefficient (Wildman–Crippen LogP) is 3.12. The third-order valence-electron chi connectivity index (χ3n) is 2.67. The molecule has 0 aromatic carbocycles. The molecule has 0 spiro atoms. The molecule has 0 aliphatic heterocycles. The van der Waals surface area contributed by atoms with E-state index in [1.165, 1.54) is 9.75 Å². The lowest BCUT2D eigenvalue weighted by molar-refractivity contribution is 0.662. The molecule has 1 N–H and O–H groups in total. The quantitative estimate of drug-likeness (QED) is 0.902. The minimum atomic E-state index is 0.372. The van der Waals surface area contributed by atoms with Crippen molar-refractivity contribution in [3.8, 4) is 0 Å². The van der Waals surface area contributed by atoms with Gasteiger partial charge in [0.2, 0.25) is 0 Å². The molecule has 0 saturated heterocycles. The summed E-state index contributed by atoms with van der Waals surface area (Å²) in [7, 11) is 4.06. The van der Waals surface area contributed by atoms with Gasteiger partial charge < -0.3 is 10.2 Å². The van der Waals surface area contributed by atoms with Crippen molar-refractivity contribution in [3.63, 3.8) is 0 Å². The molecule has 92 valence electrons. The Balaban J connectivity index is 2.04. The van der Waals surface area contributed by atoms with Gasteiger partial charge in [-0.3, -0.25) is 0 Å². The van der Waals surface area contributed by atoms with Crippen LogP contribution in [0.15, 0.2) is 23.7 Å². The molecule has 0 radical (unpaired) electrons. The highest BCUT2D eigenvalue weighted by Gasteiger charge is 2.11. The minimum Gasteiger partial charge on any atom is -0.346 e. The first-order valence-electron chi connectivity index (χ1n) is 5.57. The molecule has 0 aliphatic carbocycles. The molecule has 0 fully saturated rings. The first-order valence-corrected chi connectivity index (χ1v) is 7.27. The second-order valence-electron chi connectivity index (χ2n) is 3.99. The zero-order chi connectivity index (χ0) is 12.3. The molecule has 0 saturated carbocycles. The van der Waals surface area contributed by atoms with Crippen LogP contribution in [0, 0.1) is 0 Å². The van der Waals surface area contributed by atoms with Crippen LogP contribution < -0.4 is 10.2 Å². The van der Waals surface area contributed by atoms with E-state index in [1.807, 2.05) is 13.2 Å². The molecular formula is C12H17N3S2. The lowest BCUT2D eigenvalue weighted by Gasteiger charge is -2.14. The summed E-state index contributed by atoms with van der Waals surface area (Å²) in [5, 5.41) is 6.42. The zero-order valence-corrected chi connectivity index (χ0v) is 11.9. The van der Waals surface area contributed by atoms with E-state index in [0.29, 0.717) is 6.04 Å². The van der Waals surface area contributed by atoms with Gasteiger partial charge in [0.15, 0.2) is 5.13 Å². The Morgan fingerprint density at radius 3 is 3.00 bits per heavy atom. The Morgan fingerprint density at radius 2 is 2.35 bits per heavy atom. The van der Waals surface area contributed by atoms with Gasteiger partial charge in [-0.15, -0.1) is 22.7 Å². The number of nitrogens with one attached hydrogen (secondary N) is 1. The van der Waals surface area contributed by atoms with Crippen LogP contribution in [0.4, 0.5) is 5.13 Å². The molecule has 2 aromatic heterocycles. The van der Waals surface area contributed by atoms with Crippen LogP contribution in [0.5, 0.6) is 0 Å². The van der Waals surface area contributed by atoms with Gasteiger partial charge in [-0.05, 0) is 25.4 Å². The first-order chi connectivity index (χ1) is 8.20. The Labute approximate surface area is 110 Å². The lowest BCUT2D eigenvalue weighted by Crippen LogP contribution is -2.15. The fraction of sp³-hybridized carbons (Fsp3) is 0.417. The number of nitrogens with zero attached hydrogens (tertiary/aromatic N) is 2. The van der Waals surface area contributed by atoms with Gasteiger partial charge in [0, 0.05) is 29.0 Å². The number of anilines is 1. The van der Waals surface area contributed by atoms with Crippen LogP contribution in [-0.2, 0) is 6.54 Å². The van der Waals surface area contributed by atoms with E-state index in [2.05, 4.69) is 46.7 Å². The van der Waals surface area contributed by atoms with Crippen LogP contribution >= 0.6 is 22.7 Å². The second kappa shape index (κ2) is 5.62. The van der Waals surface area contributed by atoms with Gasteiger partial charge in [0.05, 0.1) is 6.54 Å². The molecule has 3 nitrogen and oxygen atoms in total. The molecule has 2 aromatic rings. The molecule has 2 rings (SSSR count). The SMILES string of the molecule is CNC(C)c1cnc(N(C)Cc2cccs2)s1. The van der Waals surface area contributed by atoms with Gasteiger partial charge in [-0.25, -0.2) is 4.98 Å². The summed E-state index contributed by atoms with van der Waals surface area (Å²) in [4.78, 5) is 9.32. The highest BCUT2D eigenvalue weighted by atomic mass is 32.1. The number of hydrogen-bond donors (Lipinski definition) is 1. The van der Waals surface area contributed by atoms with Gasteiger partial charge >= 0.3 is 0 Å². The third kappa shape index (κ3) is 3.06. The van der Waals surface area contributed by atoms with Crippen molar-refractivity contribution in [2.45, 2.75) is 19.5 Å². The molecule has 17 heavy (non-hydrogen) atoms. The molecule has 2 heterocycles. The lowest BCUT2D eigenvalue weighted by atomic mass is 10.3. The number of thiophene rings is 1. The first kappa shape index (κ1) is 12.5. The fourth-order valence-corrected chi connectivity index (χ4v) is 3.19. The summed E-state index contributed by atoms with van der Waals surface area (Å²) in [5.74, 6) is 0. The largest absolute Gasteiger partial charge is 0.346 e. The summed E-state index contributed by atoms with van der Waals surface area (Å²) < 4.78 is 0. The van der Waals surface area contributed by atoms with Crippen molar-refractivity contribution in [2.24, 2.45) is 0 Å². The third-order valence-corrected chi connectivity index (χ3v) is 4.83. The van der Waals surface area contributed by atoms with E-state index in [0.717, 1.165) is 11.7 Å². The van der Waals surface area contributed by atoms with Crippen molar-refractivity contribution >= 4 is 27.8 Å². The minimum absolute atomic E-state index is 0.372. The van der Waals surface area contributed by atoms with Crippen molar-refractivity contribution < 1.29 is 0 Å². The van der Waals surface area contributed by atoms with Gasteiger partial charge in [-0.1, -0.05) is 6.07 Å². The van der Waals surface area contributed by atoms with Gasteiger partial charge in [0.25, 0.3) is 0 Å². The van der Waals surface area contributed by atoms with E-state index in [-0.39, 0.29) is 0 Å². The summed E-state index contributed by atoms with van der Waals surface area (Å²) in [6, 6.07) is 4.62. The Hall–Kier alpha value is -0.910. The number of hydrogen-bond acceptors (Lipinski definition) is 5. The van der Waals surface area contributed by atoms with Crippen molar-refractivity contribution in [3.05, 3.63) is 33.5 Å². The van der Waals surface area contributed by atoms with E-state index in [4.69, 9.17) is 0 Å². The maximum Gasteiger partial charge on any atom is 0.185 e. The normalized spacial score (nSPS) is 12.6. The van der Waals surface area contributed by atoms with Crippen molar-refractivity contribution in [1.82, 2.24) is 10.3 Å². The average Bonchev–Trinajstić information content (AvgIpc) is 2.98. The summed E-state index contributed by atoms with van der Waals surface area (Å²) >= 11 is 3.54. The second-order valence-corrected chi connectivity index (χ2v) is 6.06. The average molecular weight is 267 g/mol. The van der Waals surface area contributed by atoms with Gasteiger partial charge in [0.1, 0.15) is 0 Å². The van der Waals surface area contributed by atoms with Crippen LogP contribution in [0.1, 0.15) is 22.7 Å². The topological polar surface area (TPSA) is 28.2 Å². The standard InChI is InChI=1S/C12H17N3S2/c1-9(13-2)11-7-14-12(17-11)15(3)8-10-5-4-6-16-10/h4-7,9,13H,8H2,1-3H3. The van der Waals surface area contributed by atoms with E-state index < -0.39 is 0 Å². The zero-order valence-electron chi connectivity index (χ0n) is 10.3. The summed E-state index contributed by atoms with van der Waals surface area (Å²) in [6.45, 7) is 3.08. The van der Waals surface area contributed by atoms with Crippen LogP contribution in [0.2, 0.25) is 0 Å². The Kier molecular flexibility index (Phi) is 4.15. The van der Waals surface area contributed by atoms with Gasteiger partial charge in [-0.2, -0.15) is 0 Å². The Morgan fingerprint density at radius 1 is 1.53 bits per heavy atom. The number of thiazole rings is 1. The summed E-state index contributed by atoms with van der Waals surface area (Å²) in [6.07, 6.45) is 1.96. The maximum absolute atomic E-state index is 4.47. The van der Waals surface area contributed by atoms with E-state index in [1.54, 1.807) is 22.7 Å². The van der Waals surface area contributed by atoms with Crippen molar-refractivity contribution in [1.29, 1.82) is 0 Å². The van der Waals surface area contributed by atoms with Crippen LogP contribution in [-0.4, -0.2) is 19.1 Å². The molecule has 1 atom stereocenters. The summed E-state index contributed by atoms with van der Waals surface area (Å²) in [5.41, 5.74) is 0. The predicted molar refractivity (Wildman–Crippen MR) is 76.0 cm³/mol.